The molecule has 3 N–H and O–H groups in total. The number of hydrogen-bond donors (Lipinski definition) is 3. The van der Waals surface area contributed by atoms with Crippen LogP contribution in [0.25, 0.3) is 0 Å². The maximum atomic E-state index is 13.3. The van der Waals surface area contributed by atoms with Crippen molar-refractivity contribution >= 4 is 33.5 Å². The van der Waals surface area contributed by atoms with Gasteiger partial charge in [0.15, 0.2) is 0 Å². The normalized spacial score (nSPS) is 15.4. The van der Waals surface area contributed by atoms with E-state index in [1.807, 2.05) is 0 Å². The van der Waals surface area contributed by atoms with Crippen LogP contribution in [0.4, 0.5) is 5.69 Å². The van der Waals surface area contributed by atoms with E-state index in [9.17, 15) is 27.9 Å². The van der Waals surface area contributed by atoms with Gasteiger partial charge in [-0.05, 0) is 60.4 Å². The van der Waals surface area contributed by atoms with Crippen molar-refractivity contribution < 1.29 is 67.4 Å². The van der Waals surface area contributed by atoms with Gasteiger partial charge in [0.1, 0.15) is 11.8 Å². The number of carbonyl (C=O) groups is 3. The van der Waals surface area contributed by atoms with Crippen LogP contribution >= 0.6 is 0 Å². The van der Waals surface area contributed by atoms with Crippen LogP contribution in [0.5, 0.6) is 5.75 Å². The van der Waals surface area contributed by atoms with Crippen molar-refractivity contribution in [2.75, 3.05) is 12.4 Å². The van der Waals surface area contributed by atoms with Gasteiger partial charge in [-0.2, -0.15) is 4.31 Å². The zero-order chi connectivity index (χ0) is 24.2. The molecule has 13 heteroatoms. The van der Waals surface area contributed by atoms with Gasteiger partial charge in [0.05, 0.1) is 12.0 Å². The van der Waals surface area contributed by atoms with Gasteiger partial charge < -0.3 is 20.0 Å². The van der Waals surface area contributed by atoms with Crippen LogP contribution in [-0.2, 0) is 37.4 Å². The molecule has 1 atom stereocenters. The smallest absolute Gasteiger partial charge is 0.550 e. The summed E-state index contributed by atoms with van der Waals surface area (Å²) < 4.78 is 32.7. The van der Waals surface area contributed by atoms with Crippen molar-refractivity contribution in [3.8, 4) is 5.75 Å². The number of carbonyl (C=O) groups excluding carboxylic acids is 3. The maximum Gasteiger partial charge on any atom is 1.00 e. The molecule has 0 saturated carbocycles. The first-order valence-corrected chi connectivity index (χ1v) is 11.3. The number of sulfonamides is 1. The summed E-state index contributed by atoms with van der Waals surface area (Å²) in [5.41, 5.74) is 3.09. The second-order valence-electron chi connectivity index (χ2n) is 7.33. The molecule has 2 aromatic rings. The van der Waals surface area contributed by atoms with Crippen molar-refractivity contribution in [1.29, 1.82) is 0 Å². The quantitative estimate of drug-likeness (QED) is 0.194. The van der Waals surface area contributed by atoms with Gasteiger partial charge in [-0.3, -0.25) is 14.8 Å². The number of methoxy groups -OCH3 is 1. The number of aliphatic carboxylic acids is 1. The van der Waals surface area contributed by atoms with Crippen LogP contribution in [0.15, 0.2) is 47.4 Å². The second kappa shape index (κ2) is 11.8. The van der Waals surface area contributed by atoms with Crippen molar-refractivity contribution in [3.05, 3.63) is 53.6 Å². The molecular weight excluding hydrogens is 477 g/mol. The molecule has 2 amide bonds. The minimum Gasteiger partial charge on any atom is -0.550 e. The molecule has 2 aromatic carbocycles. The molecule has 11 nitrogen and oxygen atoms in total. The third-order valence-electron chi connectivity index (χ3n) is 5.21. The van der Waals surface area contributed by atoms with Crippen molar-refractivity contribution in [1.82, 2.24) is 9.79 Å². The van der Waals surface area contributed by atoms with E-state index >= 15 is 0 Å². The monoisotopic (exact) mass is 499 g/mol. The predicted octanol–water partition coefficient (Wildman–Crippen LogP) is -3.21. The van der Waals surface area contributed by atoms with Crippen LogP contribution in [0.1, 0.15) is 24.0 Å². The minimum atomic E-state index is -4.14. The number of nitrogens with zero attached hydrogens (tertiary/aromatic N) is 1. The number of carboxylic acids is 1. The SMILES string of the molecule is COc1ccc(S(=O)(=O)N2Cc3cc(NC(=O)CCC(=O)[O-])ccc3CC2C(=O)NO)cc1.[Na+]. The van der Waals surface area contributed by atoms with Crippen LogP contribution < -0.4 is 50.2 Å². The molecule has 1 aliphatic rings. The van der Waals surface area contributed by atoms with Crippen LogP contribution in [-0.4, -0.2) is 48.9 Å². The van der Waals surface area contributed by atoms with E-state index in [1.54, 1.807) is 18.2 Å². The first kappa shape index (κ1) is 27.8. The molecule has 3 rings (SSSR count). The van der Waals surface area contributed by atoms with Gasteiger partial charge in [0.2, 0.25) is 15.9 Å². The van der Waals surface area contributed by atoms with Crippen molar-refractivity contribution in [2.24, 2.45) is 0 Å². The van der Waals surface area contributed by atoms with Crippen LogP contribution in [0.3, 0.4) is 0 Å². The predicted molar refractivity (Wildman–Crippen MR) is 112 cm³/mol. The summed E-state index contributed by atoms with van der Waals surface area (Å²) in [6.07, 6.45) is -0.700. The number of fused-ring (bicyclic) bond motifs is 1. The summed E-state index contributed by atoms with van der Waals surface area (Å²) in [6.45, 7) is -0.190. The average Bonchev–Trinajstić information content (AvgIpc) is 2.81. The molecule has 0 fully saturated rings. The standard InChI is InChI=1S/C21H23N3O8S.Na/c1-32-16-4-6-17(7-5-16)33(30,31)24-12-14-10-15(22-19(25)8-9-20(26)27)3-2-13(14)11-18(24)21(28)23-29;/h2-7,10,18,29H,8-9,11-12H2,1H3,(H,22,25)(H,23,28)(H,26,27);/q;+1/p-1. The van der Waals surface area contributed by atoms with Gasteiger partial charge in [-0.25, -0.2) is 13.9 Å². The van der Waals surface area contributed by atoms with Crippen LogP contribution in [0, 0.1) is 0 Å². The van der Waals surface area contributed by atoms with Gasteiger partial charge in [-0.1, -0.05) is 6.07 Å². The number of nitrogens with one attached hydrogen (secondary N) is 2. The number of amides is 2. The van der Waals surface area contributed by atoms with E-state index in [4.69, 9.17) is 9.94 Å². The number of rotatable bonds is 8. The summed E-state index contributed by atoms with van der Waals surface area (Å²) >= 11 is 0. The summed E-state index contributed by atoms with van der Waals surface area (Å²) in [7, 11) is -2.70. The van der Waals surface area contributed by atoms with Gasteiger partial charge >= 0.3 is 29.6 Å². The average molecular weight is 499 g/mol. The second-order valence-corrected chi connectivity index (χ2v) is 9.22. The molecule has 176 valence electrons. The summed E-state index contributed by atoms with van der Waals surface area (Å²) in [4.78, 5) is 34.7. The van der Waals surface area contributed by atoms with E-state index in [0.717, 1.165) is 4.31 Å². The Labute approximate surface area is 218 Å². The molecule has 0 aromatic heterocycles. The fraction of sp³-hybridized carbons (Fsp3) is 0.286. The van der Waals surface area contributed by atoms with E-state index in [1.165, 1.54) is 36.9 Å². The number of benzene rings is 2. The number of hydrogen-bond acceptors (Lipinski definition) is 8. The molecule has 0 radical (unpaired) electrons. The third kappa shape index (κ3) is 6.34. The Hall–Kier alpha value is -2.48. The topological polar surface area (TPSA) is 165 Å². The maximum absolute atomic E-state index is 13.3. The molecule has 0 bridgehead atoms. The number of hydroxylamine groups is 1. The number of ether oxygens (including phenoxy) is 1. The van der Waals surface area contributed by atoms with E-state index in [-0.39, 0.29) is 53.8 Å². The Balaban J connectivity index is 0.00000408. The molecule has 1 aliphatic heterocycles. The van der Waals surface area contributed by atoms with Crippen molar-refractivity contribution in [3.63, 3.8) is 0 Å². The van der Waals surface area contributed by atoms with E-state index in [0.29, 0.717) is 22.6 Å². The van der Waals surface area contributed by atoms with Gasteiger partial charge in [0.25, 0.3) is 5.91 Å². The first-order valence-electron chi connectivity index (χ1n) is 9.87. The first-order chi connectivity index (χ1) is 15.6. The van der Waals surface area contributed by atoms with Gasteiger partial charge in [-0.15, -0.1) is 0 Å². The summed E-state index contributed by atoms with van der Waals surface area (Å²) in [5, 5.41) is 22.2. The molecule has 0 saturated heterocycles. The minimum absolute atomic E-state index is 0. The fourth-order valence-corrected chi connectivity index (χ4v) is 5.08. The van der Waals surface area contributed by atoms with Gasteiger partial charge in [0, 0.05) is 24.6 Å². The molecule has 34 heavy (non-hydrogen) atoms. The summed E-state index contributed by atoms with van der Waals surface area (Å²) in [5.74, 6) is -2.29. The Morgan fingerprint density at radius 3 is 2.38 bits per heavy atom. The Bertz CT molecular complexity index is 1170. The fourth-order valence-electron chi connectivity index (χ4n) is 3.51. The third-order valence-corrected chi connectivity index (χ3v) is 7.08. The zero-order valence-electron chi connectivity index (χ0n) is 18.6. The molecule has 1 unspecified atom stereocenters. The van der Waals surface area contributed by atoms with E-state index in [2.05, 4.69) is 5.32 Å². The number of anilines is 1. The van der Waals surface area contributed by atoms with Crippen LogP contribution in [0.2, 0.25) is 0 Å². The molecule has 0 spiro atoms. The molecule has 1 heterocycles. The van der Waals surface area contributed by atoms with E-state index < -0.39 is 40.3 Å². The summed E-state index contributed by atoms with van der Waals surface area (Å²) in [6, 6.07) is 9.24. The zero-order valence-corrected chi connectivity index (χ0v) is 21.4. The Morgan fingerprint density at radius 2 is 1.79 bits per heavy atom. The molecular formula is C21H22N3NaO8S. The van der Waals surface area contributed by atoms with Crippen molar-refractivity contribution in [2.45, 2.75) is 36.7 Å². The molecule has 0 aliphatic carbocycles. The Kier molecular flexibility index (Phi) is 9.62. The largest absolute Gasteiger partial charge is 1.00 e. The number of carboxylic acid groups (broad SMARTS) is 1. The Morgan fingerprint density at radius 1 is 1.12 bits per heavy atom.